The van der Waals surface area contributed by atoms with Crippen LogP contribution in [0.2, 0.25) is 5.15 Å². The minimum absolute atomic E-state index is 0.181. The highest BCUT2D eigenvalue weighted by Gasteiger charge is 2.08. The Labute approximate surface area is 89.7 Å². The van der Waals surface area contributed by atoms with Crippen molar-refractivity contribution in [2.75, 3.05) is 6.54 Å². The number of hydrogen-bond acceptors (Lipinski definition) is 3. The molecule has 1 rings (SSSR count). The van der Waals surface area contributed by atoms with Gasteiger partial charge in [0.05, 0.1) is 0 Å². The molecule has 4 heteroatoms. The minimum Gasteiger partial charge on any atom is -0.324 e. The van der Waals surface area contributed by atoms with Gasteiger partial charge in [-0.3, -0.25) is 0 Å². The number of aromatic nitrogens is 1. The standard InChI is InChI=1S/C10H16ClN3/c1-10(2,12)7-13-5-8-3-4-9(11)14-6-8/h3-4,6,13H,5,7,12H2,1-2H3. The predicted octanol–water partition coefficient (Wildman–Crippen LogP) is 1.56. The average Bonchev–Trinajstić information content (AvgIpc) is 2.06. The van der Waals surface area contributed by atoms with E-state index in [0.717, 1.165) is 18.7 Å². The van der Waals surface area contributed by atoms with E-state index in [0.29, 0.717) is 5.15 Å². The van der Waals surface area contributed by atoms with Crippen LogP contribution in [0, 0.1) is 0 Å². The molecule has 0 aliphatic heterocycles. The lowest BCUT2D eigenvalue weighted by Gasteiger charge is -2.18. The first-order chi connectivity index (χ1) is 6.47. The summed E-state index contributed by atoms with van der Waals surface area (Å²) in [6.07, 6.45) is 1.76. The number of halogens is 1. The smallest absolute Gasteiger partial charge is 0.129 e. The molecule has 14 heavy (non-hydrogen) atoms. The van der Waals surface area contributed by atoms with Crippen LogP contribution in [-0.2, 0) is 6.54 Å². The first kappa shape index (κ1) is 11.4. The molecule has 0 bridgehead atoms. The van der Waals surface area contributed by atoms with Crippen molar-refractivity contribution in [1.29, 1.82) is 0 Å². The Morgan fingerprint density at radius 2 is 2.21 bits per heavy atom. The Balaban J connectivity index is 2.35. The lowest BCUT2D eigenvalue weighted by atomic mass is 10.1. The van der Waals surface area contributed by atoms with Crippen LogP contribution in [0.4, 0.5) is 0 Å². The van der Waals surface area contributed by atoms with E-state index in [-0.39, 0.29) is 5.54 Å². The Morgan fingerprint density at radius 3 is 2.71 bits per heavy atom. The zero-order valence-electron chi connectivity index (χ0n) is 8.55. The normalized spacial score (nSPS) is 11.7. The van der Waals surface area contributed by atoms with Gasteiger partial charge in [0.2, 0.25) is 0 Å². The number of nitrogens with zero attached hydrogens (tertiary/aromatic N) is 1. The largest absolute Gasteiger partial charge is 0.324 e. The van der Waals surface area contributed by atoms with E-state index in [4.69, 9.17) is 17.3 Å². The third kappa shape index (κ3) is 4.56. The quantitative estimate of drug-likeness (QED) is 0.747. The summed E-state index contributed by atoms with van der Waals surface area (Å²) in [5.74, 6) is 0. The van der Waals surface area contributed by atoms with Gasteiger partial charge in [-0.1, -0.05) is 17.7 Å². The minimum atomic E-state index is -0.181. The Morgan fingerprint density at radius 1 is 1.50 bits per heavy atom. The molecule has 1 aromatic rings. The molecule has 0 aromatic carbocycles. The molecular formula is C10H16ClN3. The van der Waals surface area contributed by atoms with Crippen LogP contribution in [0.3, 0.4) is 0 Å². The number of pyridine rings is 1. The van der Waals surface area contributed by atoms with Crippen molar-refractivity contribution >= 4 is 11.6 Å². The van der Waals surface area contributed by atoms with E-state index in [2.05, 4.69) is 10.3 Å². The van der Waals surface area contributed by atoms with Crippen molar-refractivity contribution in [2.24, 2.45) is 5.73 Å². The van der Waals surface area contributed by atoms with Crippen LogP contribution in [0.1, 0.15) is 19.4 Å². The zero-order valence-corrected chi connectivity index (χ0v) is 9.30. The van der Waals surface area contributed by atoms with Gasteiger partial charge in [0.15, 0.2) is 0 Å². The molecule has 0 aliphatic rings. The molecule has 0 aliphatic carbocycles. The van der Waals surface area contributed by atoms with Crippen LogP contribution in [0.25, 0.3) is 0 Å². The Bertz CT molecular complexity index is 276. The van der Waals surface area contributed by atoms with E-state index in [1.54, 1.807) is 12.3 Å². The number of hydrogen-bond donors (Lipinski definition) is 2. The molecular weight excluding hydrogens is 198 g/mol. The summed E-state index contributed by atoms with van der Waals surface area (Å²) in [6.45, 7) is 5.51. The van der Waals surface area contributed by atoms with E-state index in [1.807, 2.05) is 19.9 Å². The summed E-state index contributed by atoms with van der Waals surface area (Å²) in [4.78, 5) is 3.99. The fraction of sp³-hybridized carbons (Fsp3) is 0.500. The first-order valence-electron chi connectivity index (χ1n) is 4.57. The summed E-state index contributed by atoms with van der Waals surface area (Å²) in [5, 5.41) is 3.77. The highest BCUT2D eigenvalue weighted by Crippen LogP contribution is 2.05. The van der Waals surface area contributed by atoms with Crippen molar-refractivity contribution in [3.63, 3.8) is 0 Å². The number of nitrogens with two attached hydrogens (primary N) is 1. The summed E-state index contributed by atoms with van der Waals surface area (Å²) in [6, 6.07) is 3.73. The lowest BCUT2D eigenvalue weighted by molar-refractivity contribution is 0.466. The molecule has 1 aromatic heterocycles. The second kappa shape index (κ2) is 4.73. The second-order valence-electron chi connectivity index (χ2n) is 4.08. The molecule has 3 N–H and O–H groups in total. The van der Waals surface area contributed by atoms with Crippen LogP contribution < -0.4 is 11.1 Å². The first-order valence-corrected chi connectivity index (χ1v) is 4.95. The maximum Gasteiger partial charge on any atom is 0.129 e. The highest BCUT2D eigenvalue weighted by molar-refractivity contribution is 6.29. The van der Waals surface area contributed by atoms with Gasteiger partial charge in [-0.2, -0.15) is 0 Å². The van der Waals surface area contributed by atoms with Gasteiger partial charge in [-0.25, -0.2) is 4.98 Å². The van der Waals surface area contributed by atoms with Crippen molar-refractivity contribution in [3.05, 3.63) is 29.0 Å². The van der Waals surface area contributed by atoms with Crippen LogP contribution in [-0.4, -0.2) is 17.1 Å². The van der Waals surface area contributed by atoms with Crippen LogP contribution in [0.15, 0.2) is 18.3 Å². The van der Waals surface area contributed by atoms with Crippen molar-refractivity contribution < 1.29 is 0 Å². The molecule has 0 fully saturated rings. The third-order valence-corrected chi connectivity index (χ3v) is 1.92. The number of rotatable bonds is 4. The second-order valence-corrected chi connectivity index (χ2v) is 4.47. The van der Waals surface area contributed by atoms with Gasteiger partial charge >= 0.3 is 0 Å². The molecule has 78 valence electrons. The summed E-state index contributed by atoms with van der Waals surface area (Å²) in [5.41, 5.74) is 6.75. The molecule has 3 nitrogen and oxygen atoms in total. The Kier molecular flexibility index (Phi) is 3.86. The highest BCUT2D eigenvalue weighted by atomic mass is 35.5. The van der Waals surface area contributed by atoms with E-state index >= 15 is 0 Å². The fourth-order valence-electron chi connectivity index (χ4n) is 1.04. The van der Waals surface area contributed by atoms with Gasteiger partial charge < -0.3 is 11.1 Å². The molecule has 0 radical (unpaired) electrons. The fourth-order valence-corrected chi connectivity index (χ4v) is 1.15. The van der Waals surface area contributed by atoms with Gasteiger partial charge in [-0.15, -0.1) is 0 Å². The van der Waals surface area contributed by atoms with Gasteiger partial charge in [-0.05, 0) is 25.5 Å². The number of nitrogens with one attached hydrogen (secondary N) is 1. The average molecular weight is 214 g/mol. The van der Waals surface area contributed by atoms with Gasteiger partial charge in [0.1, 0.15) is 5.15 Å². The van der Waals surface area contributed by atoms with E-state index < -0.39 is 0 Å². The third-order valence-electron chi connectivity index (χ3n) is 1.70. The maximum absolute atomic E-state index is 5.82. The molecule has 0 saturated carbocycles. The van der Waals surface area contributed by atoms with Crippen molar-refractivity contribution in [2.45, 2.75) is 25.9 Å². The molecule has 1 heterocycles. The molecule has 0 amide bonds. The van der Waals surface area contributed by atoms with Crippen molar-refractivity contribution in [3.8, 4) is 0 Å². The zero-order chi connectivity index (χ0) is 10.6. The summed E-state index contributed by atoms with van der Waals surface area (Å²) in [7, 11) is 0. The molecule has 0 atom stereocenters. The summed E-state index contributed by atoms with van der Waals surface area (Å²) >= 11 is 5.67. The van der Waals surface area contributed by atoms with Crippen LogP contribution in [0.5, 0.6) is 0 Å². The lowest BCUT2D eigenvalue weighted by Crippen LogP contribution is -2.42. The Hall–Kier alpha value is -0.640. The maximum atomic E-state index is 5.82. The van der Waals surface area contributed by atoms with Crippen molar-refractivity contribution in [1.82, 2.24) is 10.3 Å². The molecule has 0 spiro atoms. The summed E-state index contributed by atoms with van der Waals surface area (Å²) < 4.78 is 0. The van der Waals surface area contributed by atoms with Gasteiger partial charge in [0.25, 0.3) is 0 Å². The van der Waals surface area contributed by atoms with E-state index in [9.17, 15) is 0 Å². The topological polar surface area (TPSA) is 50.9 Å². The monoisotopic (exact) mass is 213 g/mol. The van der Waals surface area contributed by atoms with Crippen LogP contribution >= 0.6 is 11.6 Å². The van der Waals surface area contributed by atoms with Gasteiger partial charge in [0, 0.05) is 24.8 Å². The molecule has 0 unspecified atom stereocenters. The SMILES string of the molecule is CC(C)(N)CNCc1ccc(Cl)nc1. The predicted molar refractivity (Wildman–Crippen MR) is 59.2 cm³/mol. The van der Waals surface area contributed by atoms with E-state index in [1.165, 1.54) is 0 Å². The molecule has 0 saturated heterocycles.